The Hall–Kier alpha value is -2.94. The molecule has 0 atom stereocenters. The first-order valence-electron chi connectivity index (χ1n) is 11.2. The van der Waals surface area contributed by atoms with Gasteiger partial charge in [0.2, 0.25) is 0 Å². The highest BCUT2D eigenvalue weighted by Crippen LogP contribution is 2.32. The molecule has 5 rings (SSSR count). The summed E-state index contributed by atoms with van der Waals surface area (Å²) in [7, 11) is 0. The number of aromatic nitrogens is 1. The van der Waals surface area contributed by atoms with Gasteiger partial charge in [-0.05, 0) is 43.2 Å². The van der Waals surface area contributed by atoms with E-state index in [1.807, 2.05) is 61.5 Å². The Bertz CT molecular complexity index is 1500. The van der Waals surface area contributed by atoms with Crippen molar-refractivity contribution in [2.75, 3.05) is 18.0 Å². The lowest BCUT2D eigenvalue weighted by atomic mass is 10.1. The summed E-state index contributed by atoms with van der Waals surface area (Å²) in [6, 6.07) is 17.6. The highest BCUT2D eigenvalue weighted by Gasteiger charge is 2.34. The van der Waals surface area contributed by atoms with Gasteiger partial charge < -0.3 is 4.90 Å². The Balaban J connectivity index is 1.84. The molecular formula is C26H23N3O2S3. The van der Waals surface area contributed by atoms with Gasteiger partial charge in [-0.2, -0.15) is 0 Å². The maximum Gasteiger partial charge on any atom is 0.275 e. The third-order valence-corrected chi connectivity index (χ3v) is 8.53. The number of carbonyl (C=O) groups is 1. The first-order valence-corrected chi connectivity index (χ1v) is 13.2. The van der Waals surface area contributed by atoms with Crippen LogP contribution in [0.15, 0.2) is 65.5 Å². The molecular weight excluding hydrogens is 483 g/mol. The number of para-hydroxylation sites is 2. The van der Waals surface area contributed by atoms with Gasteiger partial charge in [0.1, 0.15) is 18.4 Å². The number of rotatable bonds is 4. The standard InChI is InChI=1S/C26H23N3O2S3/c1-3-16-28-23(30)22(34-26(28)32)25-29(18-11-6-5-7-12-18)24(31)21(33-25)20-15-14-17-10-8-9-13-19(17)27(20)4-2/h5-15H,3-4,16H2,1-2H3/b21-20+,25-22+. The molecule has 0 bridgehead atoms. The van der Waals surface area contributed by atoms with E-state index in [0.717, 1.165) is 29.1 Å². The Morgan fingerprint density at radius 1 is 0.912 bits per heavy atom. The summed E-state index contributed by atoms with van der Waals surface area (Å²) < 4.78 is 3.43. The van der Waals surface area contributed by atoms with Gasteiger partial charge in [-0.3, -0.25) is 19.1 Å². The van der Waals surface area contributed by atoms with Crippen molar-refractivity contribution in [2.24, 2.45) is 0 Å². The number of likely N-dealkylation sites (N-methyl/N-ethyl adjacent to an activating group) is 1. The molecule has 34 heavy (non-hydrogen) atoms. The zero-order chi connectivity index (χ0) is 23.8. The SMILES string of the molecule is CCCN1C(=O)/C(=c2\s/c(=C3\C=Cc4ccccc4N3CC)c(=O)n2-c2ccccc2)SC1=S. The zero-order valence-electron chi connectivity index (χ0n) is 18.9. The molecule has 3 heterocycles. The Kier molecular flexibility index (Phi) is 6.29. The summed E-state index contributed by atoms with van der Waals surface area (Å²) in [6.07, 6.45) is 4.86. The maximum absolute atomic E-state index is 13.9. The van der Waals surface area contributed by atoms with Crippen LogP contribution in [0.3, 0.4) is 0 Å². The fourth-order valence-electron chi connectivity index (χ4n) is 4.25. The molecule has 3 aromatic rings. The van der Waals surface area contributed by atoms with Crippen LogP contribution >= 0.6 is 35.3 Å². The van der Waals surface area contributed by atoms with Crippen LogP contribution in [0.2, 0.25) is 0 Å². The lowest BCUT2D eigenvalue weighted by Gasteiger charge is -2.28. The second kappa shape index (κ2) is 9.37. The molecule has 2 aliphatic rings. The van der Waals surface area contributed by atoms with Gasteiger partial charge in [0.25, 0.3) is 11.5 Å². The average molecular weight is 506 g/mol. The van der Waals surface area contributed by atoms with Crippen LogP contribution in [0.1, 0.15) is 25.8 Å². The minimum absolute atomic E-state index is 0.129. The van der Waals surface area contributed by atoms with Gasteiger partial charge in [-0.1, -0.05) is 73.4 Å². The van der Waals surface area contributed by atoms with Gasteiger partial charge in [-0.25, -0.2) is 0 Å². The van der Waals surface area contributed by atoms with Crippen LogP contribution in [0.4, 0.5) is 5.69 Å². The van der Waals surface area contributed by atoms with Crippen molar-refractivity contribution in [1.29, 1.82) is 0 Å². The molecule has 1 fully saturated rings. The number of thiazole rings is 1. The number of carbonyl (C=O) groups excluding carboxylic acids is 1. The smallest absolute Gasteiger partial charge is 0.275 e. The highest BCUT2D eigenvalue weighted by atomic mass is 32.2. The largest absolute Gasteiger partial charge is 0.340 e. The van der Waals surface area contributed by atoms with Crippen LogP contribution in [0.25, 0.3) is 22.4 Å². The molecule has 172 valence electrons. The summed E-state index contributed by atoms with van der Waals surface area (Å²) in [6.45, 7) is 5.38. The average Bonchev–Trinajstić information content (AvgIpc) is 3.35. The molecule has 2 aromatic carbocycles. The van der Waals surface area contributed by atoms with Crippen molar-refractivity contribution < 1.29 is 4.79 Å². The molecule has 2 aliphatic heterocycles. The second-order valence-corrected chi connectivity index (χ2v) is 10.5. The number of hydrogen-bond acceptors (Lipinski definition) is 6. The summed E-state index contributed by atoms with van der Waals surface area (Å²) >= 11 is 8.15. The third kappa shape index (κ3) is 3.76. The number of amides is 1. The van der Waals surface area contributed by atoms with E-state index >= 15 is 0 Å². The van der Waals surface area contributed by atoms with E-state index in [2.05, 4.69) is 24.0 Å². The quantitative estimate of drug-likeness (QED) is 0.503. The fraction of sp³-hybridized carbons (Fsp3) is 0.192. The van der Waals surface area contributed by atoms with Crippen molar-refractivity contribution >= 4 is 67.9 Å². The van der Waals surface area contributed by atoms with Crippen LogP contribution in [-0.2, 0) is 4.79 Å². The van der Waals surface area contributed by atoms with E-state index in [4.69, 9.17) is 12.2 Å². The summed E-state index contributed by atoms with van der Waals surface area (Å²) in [5, 5.41) is 0. The summed E-state index contributed by atoms with van der Waals surface area (Å²) in [4.78, 5) is 31.5. The number of benzene rings is 2. The normalized spacial score (nSPS) is 18.6. The molecule has 0 N–H and O–H groups in total. The lowest BCUT2D eigenvalue weighted by molar-refractivity contribution is -0.120. The number of fused-ring (bicyclic) bond motifs is 1. The van der Waals surface area contributed by atoms with Gasteiger partial charge in [0, 0.05) is 18.8 Å². The van der Waals surface area contributed by atoms with E-state index in [0.29, 0.717) is 31.5 Å². The maximum atomic E-state index is 13.9. The zero-order valence-corrected chi connectivity index (χ0v) is 21.3. The van der Waals surface area contributed by atoms with E-state index in [9.17, 15) is 9.59 Å². The Labute approximate surface area is 211 Å². The molecule has 0 radical (unpaired) electrons. The van der Waals surface area contributed by atoms with Crippen molar-refractivity contribution in [3.63, 3.8) is 0 Å². The fourth-order valence-corrected chi connectivity index (χ4v) is 6.87. The van der Waals surface area contributed by atoms with Crippen molar-refractivity contribution in [2.45, 2.75) is 20.3 Å². The number of hydrogen-bond donors (Lipinski definition) is 0. The van der Waals surface area contributed by atoms with Gasteiger partial charge in [0.15, 0.2) is 0 Å². The third-order valence-electron chi connectivity index (χ3n) is 5.79. The number of thiocarbonyl (C=S) groups is 1. The summed E-state index contributed by atoms with van der Waals surface area (Å²) in [5.74, 6) is -0.129. The molecule has 1 aromatic heterocycles. The van der Waals surface area contributed by atoms with E-state index in [-0.39, 0.29) is 11.5 Å². The lowest BCUT2D eigenvalue weighted by Crippen LogP contribution is -2.36. The first-order chi connectivity index (χ1) is 16.5. The molecule has 0 saturated carbocycles. The Morgan fingerprint density at radius 2 is 1.65 bits per heavy atom. The second-order valence-electron chi connectivity index (χ2n) is 7.89. The monoisotopic (exact) mass is 505 g/mol. The van der Waals surface area contributed by atoms with E-state index in [1.54, 1.807) is 9.47 Å². The van der Waals surface area contributed by atoms with Crippen LogP contribution < -0.4 is 19.7 Å². The minimum atomic E-state index is -0.135. The molecule has 0 unspecified atom stereocenters. The van der Waals surface area contributed by atoms with Crippen molar-refractivity contribution in [3.8, 4) is 5.69 Å². The molecule has 1 amide bonds. The van der Waals surface area contributed by atoms with Crippen molar-refractivity contribution in [3.05, 3.63) is 85.8 Å². The molecule has 5 nitrogen and oxygen atoms in total. The minimum Gasteiger partial charge on any atom is -0.340 e. The summed E-state index contributed by atoms with van der Waals surface area (Å²) in [5.41, 5.74) is 3.62. The topological polar surface area (TPSA) is 45.6 Å². The molecule has 1 saturated heterocycles. The van der Waals surface area contributed by atoms with E-state index in [1.165, 1.54) is 23.1 Å². The van der Waals surface area contributed by atoms with Gasteiger partial charge in [-0.15, -0.1) is 11.3 Å². The predicted molar refractivity (Wildman–Crippen MR) is 147 cm³/mol. The van der Waals surface area contributed by atoms with Gasteiger partial charge in [0.05, 0.1) is 11.4 Å². The predicted octanol–water partition coefficient (Wildman–Crippen LogP) is 3.94. The van der Waals surface area contributed by atoms with Crippen LogP contribution in [-0.4, -0.2) is 32.8 Å². The molecule has 0 spiro atoms. The Morgan fingerprint density at radius 3 is 2.38 bits per heavy atom. The highest BCUT2D eigenvalue weighted by molar-refractivity contribution is 8.30. The van der Waals surface area contributed by atoms with Crippen LogP contribution in [0.5, 0.6) is 0 Å². The first kappa shape index (κ1) is 22.8. The van der Waals surface area contributed by atoms with E-state index < -0.39 is 0 Å². The number of nitrogens with zero attached hydrogens (tertiary/aromatic N) is 3. The molecule has 0 aliphatic carbocycles. The molecule has 8 heteroatoms. The number of anilines is 1. The van der Waals surface area contributed by atoms with Gasteiger partial charge >= 0.3 is 0 Å². The number of thioether (sulfide) groups is 1. The van der Waals surface area contributed by atoms with Crippen molar-refractivity contribution in [1.82, 2.24) is 9.47 Å². The van der Waals surface area contributed by atoms with Crippen LogP contribution in [0, 0.1) is 0 Å².